The minimum absolute atomic E-state index is 0.0703. The Morgan fingerprint density at radius 2 is 1.62 bits per heavy atom. The summed E-state index contributed by atoms with van der Waals surface area (Å²) in [7, 11) is 0. The molecule has 3 aromatic rings. The van der Waals surface area contributed by atoms with Crippen molar-refractivity contribution >= 4 is 23.2 Å². The van der Waals surface area contributed by atoms with Gasteiger partial charge in [0.05, 0.1) is 29.5 Å². The smallest absolute Gasteiger partial charge is 0.416 e. The Morgan fingerprint density at radius 1 is 0.897 bits per heavy atom. The number of alkyl halides is 3. The number of rotatable bonds is 1. The van der Waals surface area contributed by atoms with Crippen LogP contribution in [-0.4, -0.2) is 12.3 Å². The molecule has 2 aliphatic rings. The minimum Gasteiger partial charge on any atom is -0.492 e. The molecule has 0 aromatic heterocycles. The van der Waals surface area contributed by atoms with E-state index in [4.69, 9.17) is 9.73 Å². The number of hydrogen-bond donors (Lipinski definition) is 0. The van der Waals surface area contributed by atoms with Crippen LogP contribution in [0.3, 0.4) is 0 Å². The molecule has 0 saturated carbocycles. The monoisotopic (exact) mass is 411 g/mol. The number of halogens is 3. The van der Waals surface area contributed by atoms with Gasteiger partial charge in [-0.1, -0.05) is 36.4 Å². The molecule has 2 heterocycles. The predicted octanol–water partition coefficient (Wildman–Crippen LogP) is 6.68. The molecule has 0 amide bonds. The van der Waals surface area contributed by atoms with Crippen LogP contribution < -0.4 is 4.74 Å². The van der Waals surface area contributed by atoms with Gasteiger partial charge in [0.15, 0.2) is 0 Å². The van der Waals surface area contributed by atoms with Crippen molar-refractivity contribution in [2.45, 2.75) is 16.3 Å². The zero-order chi connectivity index (χ0) is 20.0. The van der Waals surface area contributed by atoms with Crippen LogP contribution in [0.15, 0.2) is 82.7 Å². The van der Waals surface area contributed by atoms with Gasteiger partial charge in [0.1, 0.15) is 5.75 Å². The van der Waals surface area contributed by atoms with Gasteiger partial charge in [-0.05, 0) is 42.0 Å². The Kier molecular flexibility index (Phi) is 4.39. The summed E-state index contributed by atoms with van der Waals surface area (Å²) in [5.74, 6) is 0.720. The Morgan fingerprint density at radius 3 is 2.41 bits per heavy atom. The van der Waals surface area contributed by atoms with E-state index in [1.807, 2.05) is 48.5 Å². The van der Waals surface area contributed by atoms with Crippen LogP contribution in [0, 0.1) is 5.92 Å². The summed E-state index contributed by atoms with van der Waals surface area (Å²) in [6.45, 7) is 0.433. The molecular weight excluding hydrogens is 395 g/mol. The highest BCUT2D eigenvalue weighted by Crippen LogP contribution is 2.50. The van der Waals surface area contributed by atoms with Crippen LogP contribution in [0.25, 0.3) is 0 Å². The maximum Gasteiger partial charge on any atom is 0.416 e. The number of benzene rings is 3. The lowest BCUT2D eigenvalue weighted by atomic mass is 9.88. The number of hydrogen-bond acceptors (Lipinski definition) is 3. The zero-order valence-corrected chi connectivity index (χ0v) is 16.0. The first-order valence-electron chi connectivity index (χ1n) is 9.24. The molecule has 0 spiro atoms. The van der Waals surface area contributed by atoms with Crippen molar-refractivity contribution in [3.63, 3.8) is 0 Å². The maximum atomic E-state index is 13.0. The maximum absolute atomic E-state index is 13.0. The van der Waals surface area contributed by atoms with Gasteiger partial charge in [-0.25, -0.2) is 0 Å². The molecule has 0 bridgehead atoms. The van der Waals surface area contributed by atoms with E-state index in [1.165, 1.54) is 0 Å². The number of aliphatic imine (C=N–C) groups is 1. The third-order valence-corrected chi connectivity index (χ3v) is 6.68. The van der Waals surface area contributed by atoms with E-state index in [1.54, 1.807) is 23.9 Å². The Bertz CT molecular complexity index is 1090. The predicted molar refractivity (Wildman–Crippen MR) is 108 cm³/mol. The van der Waals surface area contributed by atoms with Crippen molar-refractivity contribution < 1.29 is 17.9 Å². The van der Waals surface area contributed by atoms with E-state index >= 15 is 0 Å². The van der Waals surface area contributed by atoms with Crippen molar-refractivity contribution in [1.82, 2.24) is 0 Å². The SMILES string of the molecule is FC(F)(F)c1ccc([C@@H]2Sc3ccccc3N=C3c4ccccc4OC[C@H]32)cc1. The van der Waals surface area contributed by atoms with E-state index in [0.717, 1.165) is 45.3 Å². The molecule has 2 atom stereocenters. The van der Waals surface area contributed by atoms with Crippen LogP contribution in [0.4, 0.5) is 18.9 Å². The van der Waals surface area contributed by atoms with Crippen molar-refractivity contribution in [3.05, 3.63) is 89.5 Å². The lowest BCUT2D eigenvalue weighted by Crippen LogP contribution is -2.31. The van der Waals surface area contributed by atoms with Crippen molar-refractivity contribution in [2.75, 3.05) is 6.61 Å². The molecule has 0 radical (unpaired) electrons. The molecule has 2 nitrogen and oxygen atoms in total. The van der Waals surface area contributed by atoms with E-state index < -0.39 is 11.7 Å². The number of para-hydroxylation sites is 2. The second kappa shape index (κ2) is 6.95. The quantitative estimate of drug-likeness (QED) is 0.445. The van der Waals surface area contributed by atoms with Crippen molar-refractivity contribution in [2.24, 2.45) is 10.9 Å². The highest BCUT2D eigenvalue weighted by molar-refractivity contribution is 7.99. The molecular formula is C23H16F3NOS. The fourth-order valence-electron chi connectivity index (χ4n) is 3.80. The molecule has 2 aliphatic heterocycles. The topological polar surface area (TPSA) is 21.6 Å². The molecule has 6 heteroatoms. The van der Waals surface area contributed by atoms with Crippen LogP contribution >= 0.6 is 11.8 Å². The number of ether oxygens (including phenoxy) is 1. The summed E-state index contributed by atoms with van der Waals surface area (Å²) in [5.41, 5.74) is 2.94. The van der Waals surface area contributed by atoms with Gasteiger partial charge < -0.3 is 4.74 Å². The van der Waals surface area contributed by atoms with Crippen LogP contribution in [0.5, 0.6) is 5.75 Å². The third kappa shape index (κ3) is 3.31. The van der Waals surface area contributed by atoms with Gasteiger partial charge in [-0.3, -0.25) is 4.99 Å². The van der Waals surface area contributed by atoms with Crippen molar-refractivity contribution in [3.8, 4) is 5.75 Å². The lowest BCUT2D eigenvalue weighted by Gasteiger charge is -2.31. The van der Waals surface area contributed by atoms with E-state index in [-0.39, 0.29) is 11.2 Å². The lowest BCUT2D eigenvalue weighted by molar-refractivity contribution is -0.137. The van der Waals surface area contributed by atoms with Gasteiger partial charge in [-0.15, -0.1) is 11.8 Å². The average molecular weight is 411 g/mol. The Labute approximate surface area is 170 Å². The normalized spacial score (nSPS) is 20.4. The first-order chi connectivity index (χ1) is 14.0. The second-order valence-electron chi connectivity index (χ2n) is 7.04. The standard InChI is InChI=1S/C23H16F3NOS/c24-23(25,26)15-11-9-14(10-12-15)22-17-13-28-19-7-3-1-5-16(19)21(17)27-18-6-2-4-8-20(18)29-22/h1-12,17,22H,13H2/t17-,22+/m1/s1. The molecule has 0 saturated heterocycles. The number of thioether (sulfide) groups is 1. The van der Waals surface area contributed by atoms with Crippen LogP contribution in [0.2, 0.25) is 0 Å². The van der Waals surface area contributed by atoms with Gasteiger partial charge >= 0.3 is 6.18 Å². The summed E-state index contributed by atoms with van der Waals surface area (Å²) in [4.78, 5) is 5.98. The molecule has 29 heavy (non-hydrogen) atoms. The minimum atomic E-state index is -4.35. The first-order valence-corrected chi connectivity index (χ1v) is 10.1. The molecule has 0 fully saturated rings. The highest BCUT2D eigenvalue weighted by Gasteiger charge is 2.37. The molecule has 5 rings (SSSR count). The fraction of sp³-hybridized carbons (Fsp3) is 0.174. The number of fused-ring (bicyclic) bond motifs is 4. The molecule has 3 aromatic carbocycles. The van der Waals surface area contributed by atoms with E-state index in [2.05, 4.69) is 0 Å². The molecule has 146 valence electrons. The van der Waals surface area contributed by atoms with Gasteiger partial charge in [-0.2, -0.15) is 13.2 Å². The Balaban J connectivity index is 1.63. The Hall–Kier alpha value is -2.73. The molecule has 0 unspecified atom stereocenters. The van der Waals surface area contributed by atoms with Gasteiger partial charge in [0, 0.05) is 15.7 Å². The largest absolute Gasteiger partial charge is 0.492 e. The molecule has 0 aliphatic carbocycles. The summed E-state index contributed by atoms with van der Waals surface area (Å²) >= 11 is 1.63. The second-order valence-corrected chi connectivity index (χ2v) is 8.22. The van der Waals surface area contributed by atoms with E-state index in [0.29, 0.717) is 6.61 Å². The highest BCUT2D eigenvalue weighted by atomic mass is 32.2. The zero-order valence-electron chi connectivity index (χ0n) is 15.2. The third-order valence-electron chi connectivity index (χ3n) is 5.22. The number of nitrogens with zero attached hydrogens (tertiary/aromatic N) is 1. The summed E-state index contributed by atoms with van der Waals surface area (Å²) in [6.07, 6.45) is -4.35. The average Bonchev–Trinajstić information content (AvgIpc) is 2.90. The summed E-state index contributed by atoms with van der Waals surface area (Å²) in [6, 6.07) is 21.1. The van der Waals surface area contributed by atoms with Gasteiger partial charge in [0.25, 0.3) is 0 Å². The first kappa shape index (κ1) is 18.3. The molecule has 0 N–H and O–H groups in total. The summed E-state index contributed by atoms with van der Waals surface area (Å²) in [5, 5.41) is -0.104. The van der Waals surface area contributed by atoms with Crippen LogP contribution in [-0.2, 0) is 6.18 Å². The fourth-order valence-corrected chi connectivity index (χ4v) is 5.13. The van der Waals surface area contributed by atoms with Gasteiger partial charge in [0.2, 0.25) is 0 Å². The van der Waals surface area contributed by atoms with E-state index in [9.17, 15) is 13.2 Å². The van der Waals surface area contributed by atoms with Crippen molar-refractivity contribution in [1.29, 1.82) is 0 Å². The summed E-state index contributed by atoms with van der Waals surface area (Å²) < 4.78 is 45.0. The van der Waals surface area contributed by atoms with Crippen LogP contribution in [0.1, 0.15) is 21.9 Å².